The van der Waals surface area contributed by atoms with Gasteiger partial charge in [0.1, 0.15) is 0 Å². The Hall–Kier alpha value is -1.00. The Balaban J connectivity index is 2.93. The summed E-state index contributed by atoms with van der Waals surface area (Å²) in [6, 6.07) is 0. The SMILES string of the molecule is C#CC[C@](C)(O)/C=C/C1=C(C)CCCC1(C)C. The first-order valence-corrected chi connectivity index (χ1v) is 6.34. The number of hydrogen-bond donors (Lipinski definition) is 1. The molecule has 0 heterocycles. The predicted octanol–water partition coefficient (Wildman–Crippen LogP) is 3.84. The Morgan fingerprint density at radius 1 is 1.53 bits per heavy atom. The van der Waals surface area contributed by atoms with E-state index in [2.05, 4.69) is 32.8 Å². The van der Waals surface area contributed by atoms with E-state index in [1.165, 1.54) is 30.4 Å². The van der Waals surface area contributed by atoms with Gasteiger partial charge >= 0.3 is 0 Å². The lowest BCUT2D eigenvalue weighted by molar-refractivity contribution is 0.117. The lowest BCUT2D eigenvalue weighted by atomic mass is 9.72. The van der Waals surface area contributed by atoms with Gasteiger partial charge in [-0.25, -0.2) is 0 Å². The molecule has 0 aromatic rings. The first-order valence-electron chi connectivity index (χ1n) is 6.34. The zero-order chi connectivity index (χ0) is 13.1. The minimum atomic E-state index is -0.893. The molecule has 0 unspecified atom stereocenters. The minimum absolute atomic E-state index is 0.213. The molecule has 0 saturated heterocycles. The molecule has 0 fully saturated rings. The fraction of sp³-hybridized carbons (Fsp3) is 0.625. The summed E-state index contributed by atoms with van der Waals surface area (Å²) in [6.07, 6.45) is 13.2. The van der Waals surface area contributed by atoms with Gasteiger partial charge < -0.3 is 5.11 Å². The molecule has 17 heavy (non-hydrogen) atoms. The van der Waals surface area contributed by atoms with Crippen LogP contribution in [0.15, 0.2) is 23.3 Å². The number of hydrogen-bond acceptors (Lipinski definition) is 1. The Morgan fingerprint density at radius 3 is 2.71 bits per heavy atom. The topological polar surface area (TPSA) is 20.2 Å². The van der Waals surface area contributed by atoms with E-state index in [0.29, 0.717) is 6.42 Å². The van der Waals surface area contributed by atoms with Gasteiger partial charge in [0.05, 0.1) is 5.60 Å². The summed E-state index contributed by atoms with van der Waals surface area (Å²) in [7, 11) is 0. The summed E-state index contributed by atoms with van der Waals surface area (Å²) in [5.41, 5.74) is 2.12. The van der Waals surface area contributed by atoms with Crippen molar-refractivity contribution in [1.29, 1.82) is 0 Å². The van der Waals surface area contributed by atoms with Gasteiger partial charge in [-0.2, -0.15) is 0 Å². The third-order valence-electron chi connectivity index (χ3n) is 3.61. The van der Waals surface area contributed by atoms with Crippen LogP contribution in [0.3, 0.4) is 0 Å². The van der Waals surface area contributed by atoms with Crippen LogP contribution in [-0.4, -0.2) is 10.7 Å². The van der Waals surface area contributed by atoms with Crippen molar-refractivity contribution in [3.8, 4) is 12.3 Å². The summed E-state index contributed by atoms with van der Waals surface area (Å²) in [4.78, 5) is 0. The van der Waals surface area contributed by atoms with E-state index in [4.69, 9.17) is 6.42 Å². The fourth-order valence-corrected chi connectivity index (χ4v) is 2.54. The van der Waals surface area contributed by atoms with Crippen molar-refractivity contribution in [1.82, 2.24) is 0 Å². The maximum Gasteiger partial charge on any atom is 0.0911 e. The summed E-state index contributed by atoms with van der Waals surface area (Å²) < 4.78 is 0. The molecule has 1 N–H and O–H groups in total. The summed E-state index contributed by atoms with van der Waals surface area (Å²) in [5.74, 6) is 2.51. The Labute approximate surface area is 106 Å². The van der Waals surface area contributed by atoms with E-state index >= 15 is 0 Å². The molecule has 0 aromatic heterocycles. The quantitative estimate of drug-likeness (QED) is 0.733. The highest BCUT2D eigenvalue weighted by molar-refractivity contribution is 5.33. The zero-order valence-electron chi connectivity index (χ0n) is 11.5. The van der Waals surface area contributed by atoms with Gasteiger partial charge in [0, 0.05) is 6.42 Å². The Bertz CT molecular complexity index is 375. The van der Waals surface area contributed by atoms with Crippen LogP contribution in [-0.2, 0) is 0 Å². The van der Waals surface area contributed by atoms with Crippen LogP contribution in [0, 0.1) is 17.8 Å². The molecule has 0 radical (unpaired) electrons. The van der Waals surface area contributed by atoms with E-state index in [1.54, 1.807) is 6.92 Å². The average molecular weight is 232 g/mol. The van der Waals surface area contributed by atoms with Gasteiger partial charge in [-0.05, 0) is 44.1 Å². The van der Waals surface area contributed by atoms with Crippen molar-refractivity contribution in [3.05, 3.63) is 23.3 Å². The lowest BCUT2D eigenvalue weighted by Crippen LogP contribution is -2.22. The molecule has 94 valence electrons. The van der Waals surface area contributed by atoms with Crippen molar-refractivity contribution in [3.63, 3.8) is 0 Å². The van der Waals surface area contributed by atoms with Crippen molar-refractivity contribution in [2.24, 2.45) is 5.41 Å². The monoisotopic (exact) mass is 232 g/mol. The molecule has 1 nitrogen and oxygen atoms in total. The van der Waals surface area contributed by atoms with Crippen molar-refractivity contribution >= 4 is 0 Å². The maximum atomic E-state index is 10.0. The minimum Gasteiger partial charge on any atom is -0.385 e. The van der Waals surface area contributed by atoms with Crippen LogP contribution < -0.4 is 0 Å². The molecule has 1 atom stereocenters. The van der Waals surface area contributed by atoms with Gasteiger partial charge in [0.15, 0.2) is 0 Å². The van der Waals surface area contributed by atoms with Crippen LogP contribution in [0.25, 0.3) is 0 Å². The van der Waals surface area contributed by atoms with Crippen molar-refractivity contribution < 1.29 is 5.11 Å². The first kappa shape index (κ1) is 14.1. The second-order valence-electron chi connectivity index (χ2n) is 6.00. The maximum absolute atomic E-state index is 10.0. The van der Waals surface area contributed by atoms with Gasteiger partial charge in [-0.1, -0.05) is 31.6 Å². The van der Waals surface area contributed by atoms with E-state index in [-0.39, 0.29) is 5.41 Å². The molecule has 1 aliphatic carbocycles. The van der Waals surface area contributed by atoms with E-state index in [1.807, 2.05) is 6.08 Å². The van der Waals surface area contributed by atoms with E-state index in [0.717, 1.165) is 0 Å². The molecule has 0 spiro atoms. The largest absolute Gasteiger partial charge is 0.385 e. The summed E-state index contributed by atoms with van der Waals surface area (Å²) in [5, 5.41) is 10.0. The van der Waals surface area contributed by atoms with Gasteiger partial charge in [-0.3, -0.25) is 0 Å². The molecular formula is C16H24O. The van der Waals surface area contributed by atoms with Crippen LogP contribution in [0.2, 0.25) is 0 Å². The van der Waals surface area contributed by atoms with Crippen LogP contribution in [0.1, 0.15) is 53.4 Å². The number of allylic oxidation sites excluding steroid dienone is 3. The van der Waals surface area contributed by atoms with Gasteiger partial charge in [0.2, 0.25) is 0 Å². The van der Waals surface area contributed by atoms with E-state index in [9.17, 15) is 5.11 Å². The first-order chi connectivity index (χ1) is 7.78. The average Bonchev–Trinajstić information content (AvgIpc) is 2.15. The molecule has 0 saturated carbocycles. The molecule has 0 bridgehead atoms. The molecular weight excluding hydrogens is 208 g/mol. The fourth-order valence-electron chi connectivity index (χ4n) is 2.54. The third kappa shape index (κ3) is 3.75. The van der Waals surface area contributed by atoms with Crippen LogP contribution in [0.5, 0.6) is 0 Å². The second-order valence-corrected chi connectivity index (χ2v) is 6.00. The Kier molecular flexibility index (Phi) is 4.22. The highest BCUT2D eigenvalue weighted by atomic mass is 16.3. The smallest absolute Gasteiger partial charge is 0.0911 e. The molecule has 1 aliphatic rings. The van der Waals surface area contributed by atoms with Crippen LogP contribution in [0.4, 0.5) is 0 Å². The van der Waals surface area contributed by atoms with Crippen LogP contribution >= 0.6 is 0 Å². The van der Waals surface area contributed by atoms with Crippen molar-refractivity contribution in [2.45, 2.75) is 59.0 Å². The van der Waals surface area contributed by atoms with Crippen molar-refractivity contribution in [2.75, 3.05) is 0 Å². The standard InChI is InChI=1S/C16H24O/c1-6-10-16(5,17)12-9-14-13(2)8-7-11-15(14,3)4/h1,9,12,17H,7-8,10-11H2,2-5H3/b12-9+/t16-/m0/s1. The predicted molar refractivity (Wildman–Crippen MR) is 73.5 cm³/mol. The van der Waals surface area contributed by atoms with Gasteiger partial charge in [-0.15, -0.1) is 12.3 Å². The number of aliphatic hydroxyl groups is 1. The number of terminal acetylenes is 1. The lowest BCUT2D eigenvalue weighted by Gasteiger charge is -2.33. The van der Waals surface area contributed by atoms with Gasteiger partial charge in [0.25, 0.3) is 0 Å². The zero-order valence-corrected chi connectivity index (χ0v) is 11.5. The second kappa shape index (κ2) is 5.10. The highest BCUT2D eigenvalue weighted by Gasteiger charge is 2.27. The molecule has 0 aliphatic heterocycles. The molecule has 1 rings (SSSR count). The number of rotatable bonds is 3. The normalized spacial score (nSPS) is 23.5. The summed E-state index contributed by atoms with van der Waals surface area (Å²) >= 11 is 0. The third-order valence-corrected chi connectivity index (χ3v) is 3.61. The molecule has 0 aromatic carbocycles. The highest BCUT2D eigenvalue weighted by Crippen LogP contribution is 2.40. The summed E-state index contributed by atoms with van der Waals surface area (Å²) in [6.45, 7) is 8.49. The van der Waals surface area contributed by atoms with E-state index < -0.39 is 5.60 Å². The molecule has 1 heteroatoms. The molecule has 0 amide bonds. The Morgan fingerprint density at radius 2 is 2.18 bits per heavy atom.